The first-order valence-corrected chi connectivity index (χ1v) is 9.30. The van der Waals surface area contributed by atoms with E-state index in [0.717, 1.165) is 10.0 Å². The molecule has 2 fully saturated rings. The van der Waals surface area contributed by atoms with Gasteiger partial charge < -0.3 is 15.0 Å². The Morgan fingerprint density at radius 3 is 2.40 bits per heavy atom. The molecular formula is C18H24BrN3O3. The van der Waals surface area contributed by atoms with E-state index in [1.165, 1.54) is 0 Å². The summed E-state index contributed by atoms with van der Waals surface area (Å²) in [6.07, 6.45) is 1.02. The van der Waals surface area contributed by atoms with E-state index in [9.17, 15) is 9.59 Å². The first kappa shape index (κ1) is 18.2. The highest BCUT2D eigenvalue weighted by molar-refractivity contribution is 9.10. The SMILES string of the molecule is CC(C)(C)OC(=O)N1CCC2(CC1)NC(=O)C(c1ccc(Br)cc1)N2. The van der Waals surface area contributed by atoms with Gasteiger partial charge in [-0.2, -0.15) is 0 Å². The highest BCUT2D eigenvalue weighted by Crippen LogP contribution is 2.31. The van der Waals surface area contributed by atoms with Crippen LogP contribution in [0.2, 0.25) is 0 Å². The molecule has 1 spiro atoms. The van der Waals surface area contributed by atoms with Crippen molar-refractivity contribution in [2.24, 2.45) is 0 Å². The molecular weight excluding hydrogens is 386 g/mol. The van der Waals surface area contributed by atoms with Crippen molar-refractivity contribution in [3.05, 3.63) is 34.3 Å². The van der Waals surface area contributed by atoms with Gasteiger partial charge in [-0.25, -0.2) is 4.79 Å². The lowest BCUT2D eigenvalue weighted by atomic mass is 9.97. The summed E-state index contributed by atoms with van der Waals surface area (Å²) in [5.74, 6) is -0.0203. The topological polar surface area (TPSA) is 70.7 Å². The zero-order valence-electron chi connectivity index (χ0n) is 14.8. The summed E-state index contributed by atoms with van der Waals surface area (Å²) in [4.78, 5) is 26.3. The van der Waals surface area contributed by atoms with E-state index >= 15 is 0 Å². The van der Waals surface area contributed by atoms with Crippen LogP contribution in [0.3, 0.4) is 0 Å². The predicted octanol–water partition coefficient (Wildman–Crippen LogP) is 2.94. The van der Waals surface area contributed by atoms with Crippen LogP contribution in [-0.2, 0) is 9.53 Å². The van der Waals surface area contributed by atoms with Gasteiger partial charge in [-0.05, 0) is 38.5 Å². The molecule has 2 heterocycles. The summed E-state index contributed by atoms with van der Waals surface area (Å²) in [5.41, 5.74) is -0.0152. The maximum absolute atomic E-state index is 12.4. The molecule has 0 aromatic heterocycles. The van der Waals surface area contributed by atoms with E-state index in [4.69, 9.17) is 4.74 Å². The molecule has 0 aliphatic carbocycles. The van der Waals surface area contributed by atoms with Gasteiger partial charge in [-0.3, -0.25) is 10.1 Å². The van der Waals surface area contributed by atoms with Crippen molar-refractivity contribution in [3.63, 3.8) is 0 Å². The number of rotatable bonds is 1. The molecule has 1 unspecified atom stereocenters. The van der Waals surface area contributed by atoms with Crippen molar-refractivity contribution in [2.75, 3.05) is 13.1 Å². The van der Waals surface area contributed by atoms with Gasteiger partial charge in [0.2, 0.25) is 5.91 Å². The summed E-state index contributed by atoms with van der Waals surface area (Å²) in [6, 6.07) is 7.38. The number of carbonyl (C=O) groups excluding carboxylic acids is 2. The molecule has 0 bridgehead atoms. The minimum atomic E-state index is -0.501. The number of hydrogen-bond donors (Lipinski definition) is 2. The maximum Gasteiger partial charge on any atom is 0.410 e. The smallest absolute Gasteiger partial charge is 0.410 e. The van der Waals surface area contributed by atoms with Gasteiger partial charge in [-0.15, -0.1) is 0 Å². The minimum absolute atomic E-state index is 0.0203. The lowest BCUT2D eigenvalue weighted by Crippen LogP contribution is -2.58. The van der Waals surface area contributed by atoms with Crippen molar-refractivity contribution in [1.29, 1.82) is 0 Å². The van der Waals surface area contributed by atoms with Crippen molar-refractivity contribution in [2.45, 2.75) is 50.9 Å². The Morgan fingerprint density at radius 1 is 1.24 bits per heavy atom. The number of benzene rings is 1. The summed E-state index contributed by atoms with van der Waals surface area (Å²) >= 11 is 3.41. The molecule has 1 aromatic rings. The van der Waals surface area contributed by atoms with Gasteiger partial charge in [0, 0.05) is 30.4 Å². The first-order chi connectivity index (χ1) is 11.7. The number of likely N-dealkylation sites (tertiary alicyclic amines) is 1. The fourth-order valence-corrected chi connectivity index (χ4v) is 3.51. The lowest BCUT2D eigenvalue weighted by Gasteiger charge is -2.39. The molecule has 1 aromatic carbocycles. The van der Waals surface area contributed by atoms with Gasteiger partial charge in [-0.1, -0.05) is 28.1 Å². The fourth-order valence-electron chi connectivity index (χ4n) is 3.24. The average molecular weight is 410 g/mol. The number of hydrogen-bond acceptors (Lipinski definition) is 4. The number of piperidine rings is 1. The highest BCUT2D eigenvalue weighted by atomic mass is 79.9. The molecule has 2 aliphatic heterocycles. The number of amides is 2. The van der Waals surface area contributed by atoms with E-state index in [0.29, 0.717) is 25.9 Å². The number of ether oxygens (including phenoxy) is 1. The van der Waals surface area contributed by atoms with Gasteiger partial charge in [0.25, 0.3) is 0 Å². The average Bonchev–Trinajstić information content (AvgIpc) is 2.83. The molecule has 1 atom stereocenters. The van der Waals surface area contributed by atoms with Crippen LogP contribution in [0.5, 0.6) is 0 Å². The van der Waals surface area contributed by atoms with Crippen molar-refractivity contribution in [3.8, 4) is 0 Å². The van der Waals surface area contributed by atoms with E-state index in [2.05, 4.69) is 26.6 Å². The van der Waals surface area contributed by atoms with Crippen LogP contribution in [0.4, 0.5) is 4.79 Å². The van der Waals surface area contributed by atoms with Crippen LogP contribution in [0.15, 0.2) is 28.7 Å². The minimum Gasteiger partial charge on any atom is -0.444 e. The lowest BCUT2D eigenvalue weighted by molar-refractivity contribution is -0.121. The number of nitrogens with one attached hydrogen (secondary N) is 2. The molecule has 25 heavy (non-hydrogen) atoms. The zero-order valence-corrected chi connectivity index (χ0v) is 16.4. The zero-order chi connectivity index (χ0) is 18.2. The molecule has 2 amide bonds. The molecule has 0 saturated carbocycles. The van der Waals surface area contributed by atoms with Crippen LogP contribution < -0.4 is 10.6 Å². The molecule has 2 saturated heterocycles. The first-order valence-electron chi connectivity index (χ1n) is 8.51. The monoisotopic (exact) mass is 409 g/mol. The Labute approximate surface area is 156 Å². The van der Waals surface area contributed by atoms with Crippen LogP contribution in [0.1, 0.15) is 45.2 Å². The maximum atomic E-state index is 12.4. The van der Waals surface area contributed by atoms with E-state index in [-0.39, 0.29) is 18.0 Å². The van der Waals surface area contributed by atoms with Crippen molar-refractivity contribution in [1.82, 2.24) is 15.5 Å². The number of halogens is 1. The van der Waals surface area contributed by atoms with Crippen LogP contribution in [0.25, 0.3) is 0 Å². The molecule has 2 aliphatic rings. The second kappa shape index (κ2) is 6.61. The number of carbonyl (C=O) groups is 2. The Kier molecular flexibility index (Phi) is 4.81. The van der Waals surface area contributed by atoms with Gasteiger partial charge in [0.1, 0.15) is 11.6 Å². The molecule has 0 radical (unpaired) electrons. The largest absolute Gasteiger partial charge is 0.444 e. The summed E-state index contributed by atoms with van der Waals surface area (Å²) in [7, 11) is 0. The van der Waals surface area contributed by atoms with Gasteiger partial charge in [0.05, 0.1) is 5.66 Å². The second-order valence-corrected chi connectivity index (χ2v) is 8.58. The van der Waals surface area contributed by atoms with E-state index in [1.807, 2.05) is 45.0 Å². The summed E-state index contributed by atoms with van der Waals surface area (Å²) in [5, 5.41) is 6.54. The third-order valence-corrected chi connectivity index (χ3v) is 5.05. The quantitative estimate of drug-likeness (QED) is 0.747. The van der Waals surface area contributed by atoms with Gasteiger partial charge in [0.15, 0.2) is 0 Å². The second-order valence-electron chi connectivity index (χ2n) is 7.67. The summed E-state index contributed by atoms with van der Waals surface area (Å²) < 4.78 is 6.41. The molecule has 2 N–H and O–H groups in total. The van der Waals surface area contributed by atoms with Crippen LogP contribution >= 0.6 is 15.9 Å². The molecule has 6 nitrogen and oxygen atoms in total. The van der Waals surface area contributed by atoms with E-state index < -0.39 is 11.3 Å². The third-order valence-electron chi connectivity index (χ3n) is 4.52. The third kappa shape index (κ3) is 4.15. The van der Waals surface area contributed by atoms with Crippen molar-refractivity contribution < 1.29 is 14.3 Å². The van der Waals surface area contributed by atoms with E-state index in [1.54, 1.807) is 4.90 Å². The number of nitrogens with zero attached hydrogens (tertiary/aromatic N) is 1. The fraction of sp³-hybridized carbons (Fsp3) is 0.556. The molecule has 136 valence electrons. The Hall–Kier alpha value is -1.60. The summed E-state index contributed by atoms with van der Waals surface area (Å²) in [6.45, 7) is 6.68. The molecule has 7 heteroatoms. The van der Waals surface area contributed by atoms with Crippen LogP contribution in [-0.4, -0.2) is 41.3 Å². The van der Waals surface area contributed by atoms with Crippen LogP contribution in [0, 0.1) is 0 Å². The molecule has 3 rings (SSSR count). The highest BCUT2D eigenvalue weighted by Gasteiger charge is 2.46. The van der Waals surface area contributed by atoms with Crippen molar-refractivity contribution >= 4 is 27.9 Å². The predicted molar refractivity (Wildman–Crippen MR) is 97.9 cm³/mol. The van der Waals surface area contributed by atoms with Gasteiger partial charge >= 0.3 is 6.09 Å². The normalized spacial score (nSPS) is 22.8. The Bertz CT molecular complexity index is 661. The standard InChI is InChI=1S/C18H24BrN3O3/c1-17(2,3)25-16(24)22-10-8-18(9-11-22)20-14(15(23)21-18)12-4-6-13(19)7-5-12/h4-7,14,20H,8-11H2,1-3H3,(H,21,23). The Balaban J connectivity index is 1.63. The Morgan fingerprint density at radius 2 is 1.84 bits per heavy atom.